The Morgan fingerprint density at radius 2 is 1.67 bits per heavy atom. The summed E-state index contributed by atoms with van der Waals surface area (Å²) in [6.45, 7) is 1.38. The first-order valence-electron chi connectivity index (χ1n) is 8.72. The van der Waals surface area contributed by atoms with Crippen LogP contribution in [0.3, 0.4) is 0 Å². The van der Waals surface area contributed by atoms with Gasteiger partial charge in [-0.2, -0.15) is 0 Å². The van der Waals surface area contributed by atoms with Gasteiger partial charge < -0.3 is 4.74 Å². The molecule has 0 spiro atoms. The van der Waals surface area contributed by atoms with E-state index in [1.807, 2.05) is 42.5 Å². The highest BCUT2D eigenvalue weighted by Gasteiger charge is 2.15. The van der Waals surface area contributed by atoms with E-state index in [9.17, 15) is 0 Å². The average molecular weight is 394 g/mol. The zero-order valence-electron chi connectivity index (χ0n) is 14.7. The van der Waals surface area contributed by atoms with Crippen LogP contribution in [0.1, 0.15) is 5.56 Å². The van der Waals surface area contributed by atoms with Gasteiger partial charge >= 0.3 is 0 Å². The van der Waals surface area contributed by atoms with Crippen LogP contribution in [0.25, 0.3) is 10.7 Å². The van der Waals surface area contributed by atoms with Crippen LogP contribution in [0.5, 0.6) is 5.75 Å². The van der Waals surface area contributed by atoms with Crippen molar-refractivity contribution in [1.29, 1.82) is 0 Å². The highest BCUT2D eigenvalue weighted by molar-refractivity contribution is 7.99. The van der Waals surface area contributed by atoms with Gasteiger partial charge in [-0.25, -0.2) is 0 Å². The molecule has 0 unspecified atom stereocenters. The maximum atomic E-state index is 5.79. The molecule has 4 nitrogen and oxygen atoms in total. The van der Waals surface area contributed by atoms with Gasteiger partial charge in [0.1, 0.15) is 5.75 Å². The molecule has 0 aliphatic heterocycles. The van der Waals surface area contributed by atoms with Gasteiger partial charge in [0.25, 0.3) is 0 Å². The van der Waals surface area contributed by atoms with E-state index in [2.05, 4.69) is 50.5 Å². The largest absolute Gasteiger partial charge is 0.493 e. The summed E-state index contributed by atoms with van der Waals surface area (Å²) >= 11 is 3.36. The Kier molecular flexibility index (Phi) is 5.86. The molecular weight excluding hydrogens is 374 g/mol. The van der Waals surface area contributed by atoms with Crippen molar-refractivity contribution in [1.82, 2.24) is 14.8 Å². The van der Waals surface area contributed by atoms with Gasteiger partial charge in [0.05, 0.1) is 18.0 Å². The van der Waals surface area contributed by atoms with Gasteiger partial charge in [-0.15, -0.1) is 21.5 Å². The lowest BCUT2D eigenvalue weighted by Crippen LogP contribution is -2.05. The molecule has 4 aromatic rings. The molecular formula is C21H19N3OS2. The molecule has 0 saturated carbocycles. The molecule has 2 aromatic carbocycles. The van der Waals surface area contributed by atoms with Gasteiger partial charge in [0.2, 0.25) is 0 Å². The lowest BCUT2D eigenvalue weighted by Gasteiger charge is -2.10. The fourth-order valence-corrected chi connectivity index (χ4v) is 4.17. The second kappa shape index (κ2) is 8.88. The quantitative estimate of drug-likeness (QED) is 0.304. The summed E-state index contributed by atoms with van der Waals surface area (Å²) in [5.41, 5.74) is 1.23. The van der Waals surface area contributed by atoms with Crippen molar-refractivity contribution in [3.63, 3.8) is 0 Å². The normalized spacial score (nSPS) is 10.8. The van der Waals surface area contributed by atoms with Crippen molar-refractivity contribution < 1.29 is 4.74 Å². The van der Waals surface area contributed by atoms with E-state index in [1.165, 1.54) is 5.56 Å². The summed E-state index contributed by atoms with van der Waals surface area (Å²) in [7, 11) is 0. The highest BCUT2D eigenvalue weighted by atomic mass is 32.2. The van der Waals surface area contributed by atoms with Crippen LogP contribution in [0, 0.1) is 0 Å². The smallest absolute Gasteiger partial charge is 0.191 e. The molecule has 0 N–H and O–H groups in total. The Morgan fingerprint density at radius 3 is 2.41 bits per heavy atom. The summed E-state index contributed by atoms with van der Waals surface area (Å²) in [5.74, 6) is 2.62. The first-order valence-corrected chi connectivity index (χ1v) is 10.6. The minimum absolute atomic E-state index is 0.626. The van der Waals surface area contributed by atoms with E-state index in [0.717, 1.165) is 33.9 Å². The fourth-order valence-electron chi connectivity index (χ4n) is 2.70. The van der Waals surface area contributed by atoms with Crippen molar-refractivity contribution in [3.8, 4) is 16.5 Å². The zero-order chi connectivity index (χ0) is 18.3. The Labute approximate surface area is 166 Å². The molecule has 0 bridgehead atoms. The number of benzene rings is 2. The molecule has 4 rings (SSSR count). The molecule has 136 valence electrons. The van der Waals surface area contributed by atoms with Crippen LogP contribution >= 0.6 is 23.1 Å². The molecule has 0 aliphatic carbocycles. The topological polar surface area (TPSA) is 39.9 Å². The van der Waals surface area contributed by atoms with E-state index in [4.69, 9.17) is 4.74 Å². The second-order valence-corrected chi connectivity index (χ2v) is 7.87. The monoisotopic (exact) mass is 393 g/mol. The zero-order valence-corrected chi connectivity index (χ0v) is 16.3. The molecule has 6 heteroatoms. The molecule has 0 aliphatic rings. The number of para-hydroxylation sites is 1. The van der Waals surface area contributed by atoms with Crippen molar-refractivity contribution in [2.75, 3.05) is 12.4 Å². The molecule has 0 radical (unpaired) electrons. The van der Waals surface area contributed by atoms with Crippen molar-refractivity contribution >= 4 is 23.1 Å². The molecule has 0 atom stereocenters. The Balaban J connectivity index is 1.48. The van der Waals surface area contributed by atoms with E-state index >= 15 is 0 Å². The lowest BCUT2D eigenvalue weighted by atomic mass is 10.2. The summed E-state index contributed by atoms with van der Waals surface area (Å²) in [6.07, 6.45) is 0. The minimum Gasteiger partial charge on any atom is -0.493 e. The molecule has 0 saturated heterocycles. The van der Waals surface area contributed by atoms with Crippen molar-refractivity contribution in [2.24, 2.45) is 0 Å². The second-order valence-electron chi connectivity index (χ2n) is 5.87. The lowest BCUT2D eigenvalue weighted by molar-refractivity contribution is 0.344. The number of hydrogen-bond acceptors (Lipinski definition) is 5. The molecule has 2 aromatic heterocycles. The average Bonchev–Trinajstić information content (AvgIpc) is 3.37. The first kappa shape index (κ1) is 17.8. The van der Waals surface area contributed by atoms with Gasteiger partial charge in [0, 0.05) is 5.75 Å². The van der Waals surface area contributed by atoms with E-state index in [-0.39, 0.29) is 0 Å². The van der Waals surface area contributed by atoms with Crippen LogP contribution in [-0.2, 0) is 6.54 Å². The first-order chi connectivity index (χ1) is 13.4. The third-order valence-electron chi connectivity index (χ3n) is 3.97. The number of thiophene rings is 1. The third kappa shape index (κ3) is 4.59. The van der Waals surface area contributed by atoms with Crippen molar-refractivity contribution in [2.45, 2.75) is 11.7 Å². The Morgan fingerprint density at radius 1 is 0.889 bits per heavy atom. The van der Waals surface area contributed by atoms with Gasteiger partial charge in [-0.05, 0) is 29.1 Å². The van der Waals surface area contributed by atoms with E-state index in [1.54, 1.807) is 23.1 Å². The van der Waals surface area contributed by atoms with Crippen molar-refractivity contribution in [3.05, 3.63) is 83.7 Å². The predicted molar refractivity (Wildman–Crippen MR) is 112 cm³/mol. The van der Waals surface area contributed by atoms with E-state index < -0.39 is 0 Å². The number of ether oxygens (including phenoxy) is 1. The summed E-state index contributed by atoms with van der Waals surface area (Å²) in [4.78, 5) is 1.13. The van der Waals surface area contributed by atoms with Gasteiger partial charge in [0.15, 0.2) is 11.0 Å². The van der Waals surface area contributed by atoms with E-state index in [0.29, 0.717) is 6.61 Å². The molecule has 2 heterocycles. The highest BCUT2D eigenvalue weighted by Crippen LogP contribution is 2.28. The maximum absolute atomic E-state index is 5.79. The Bertz CT molecular complexity index is 954. The predicted octanol–water partition coefficient (Wildman–Crippen LogP) is 5.23. The maximum Gasteiger partial charge on any atom is 0.191 e. The summed E-state index contributed by atoms with van der Waals surface area (Å²) in [5, 5.41) is 11.9. The standard InChI is InChI=1S/C21H19N3OS2/c1-3-8-17(9-4-1)16-24-20(19-12-7-14-26-19)22-23-21(24)27-15-13-25-18-10-5-2-6-11-18/h1-12,14H,13,15-16H2. The van der Waals surface area contributed by atoms with Crippen LogP contribution in [0.15, 0.2) is 83.3 Å². The van der Waals surface area contributed by atoms with Gasteiger partial charge in [-0.3, -0.25) is 4.57 Å². The fraction of sp³-hybridized carbons (Fsp3) is 0.143. The summed E-state index contributed by atoms with van der Waals surface area (Å²) < 4.78 is 7.98. The van der Waals surface area contributed by atoms with Crippen LogP contribution in [0.2, 0.25) is 0 Å². The number of aromatic nitrogens is 3. The minimum atomic E-state index is 0.626. The van der Waals surface area contributed by atoms with Crippen LogP contribution in [0.4, 0.5) is 0 Å². The molecule has 27 heavy (non-hydrogen) atoms. The number of nitrogens with zero attached hydrogens (tertiary/aromatic N) is 3. The van der Waals surface area contributed by atoms with Crippen LogP contribution < -0.4 is 4.74 Å². The Hall–Kier alpha value is -2.57. The summed E-state index contributed by atoms with van der Waals surface area (Å²) in [6, 6.07) is 24.4. The number of thioether (sulfide) groups is 1. The van der Waals surface area contributed by atoms with Crippen LogP contribution in [-0.4, -0.2) is 27.1 Å². The number of hydrogen-bond donors (Lipinski definition) is 0. The SMILES string of the molecule is c1ccc(Cn2c(SCCOc3ccccc3)nnc2-c2cccs2)cc1. The van der Waals surface area contributed by atoms with Gasteiger partial charge in [-0.1, -0.05) is 66.4 Å². The molecule has 0 amide bonds. The third-order valence-corrected chi connectivity index (χ3v) is 5.77. The molecule has 0 fully saturated rings. The number of rotatable bonds is 8.